The van der Waals surface area contributed by atoms with Gasteiger partial charge in [-0.1, -0.05) is 26.0 Å². The lowest BCUT2D eigenvalue weighted by atomic mass is 9.88. The molecule has 0 aliphatic rings. The van der Waals surface area contributed by atoms with Crippen LogP contribution < -0.4 is 0 Å². The van der Waals surface area contributed by atoms with Gasteiger partial charge in [0.25, 0.3) is 5.69 Å². The molecule has 0 aromatic heterocycles. The van der Waals surface area contributed by atoms with E-state index in [1.165, 1.54) is 38.1 Å². The molecule has 6 heteroatoms. The van der Waals surface area contributed by atoms with Crippen molar-refractivity contribution in [2.45, 2.75) is 13.8 Å². The van der Waals surface area contributed by atoms with Crippen molar-refractivity contribution >= 4 is 17.4 Å². The van der Waals surface area contributed by atoms with E-state index in [0.717, 1.165) is 0 Å². The molecule has 0 aliphatic heterocycles. The van der Waals surface area contributed by atoms with Crippen LogP contribution in [-0.2, 0) is 4.79 Å². The number of carbonyl (C=O) groups is 2. The van der Waals surface area contributed by atoms with Gasteiger partial charge in [-0.05, 0) is 6.07 Å². The van der Waals surface area contributed by atoms with E-state index in [4.69, 9.17) is 5.11 Å². The molecule has 0 saturated carbocycles. The molecule has 18 heavy (non-hydrogen) atoms. The number of carboxylic acid groups (broad SMARTS) is 1. The third-order valence-electron chi connectivity index (χ3n) is 2.92. The number of rotatable bonds is 5. The lowest BCUT2D eigenvalue weighted by Crippen LogP contribution is -2.25. The van der Waals surface area contributed by atoms with Crippen molar-refractivity contribution in [3.8, 4) is 0 Å². The van der Waals surface area contributed by atoms with Gasteiger partial charge in [0.15, 0.2) is 5.78 Å². The zero-order chi connectivity index (χ0) is 13.9. The molecule has 0 radical (unpaired) electrons. The SMILES string of the molecule is CC(C(=O)O)C(C)C(=O)c1ccccc1[N+](=O)[O-]. The Morgan fingerprint density at radius 2 is 1.78 bits per heavy atom. The van der Waals surface area contributed by atoms with Crippen LogP contribution in [0.15, 0.2) is 24.3 Å². The lowest BCUT2D eigenvalue weighted by Gasteiger charge is -2.14. The predicted octanol–water partition coefficient (Wildman–Crippen LogP) is 2.13. The number of ketones is 1. The third kappa shape index (κ3) is 2.71. The summed E-state index contributed by atoms with van der Waals surface area (Å²) in [6.07, 6.45) is 0. The fourth-order valence-electron chi connectivity index (χ4n) is 1.53. The van der Waals surface area contributed by atoms with E-state index in [0.29, 0.717) is 0 Å². The molecular formula is C12H13NO5. The third-order valence-corrected chi connectivity index (χ3v) is 2.92. The molecule has 1 aromatic rings. The van der Waals surface area contributed by atoms with E-state index < -0.39 is 28.5 Å². The van der Waals surface area contributed by atoms with Crippen molar-refractivity contribution in [2.75, 3.05) is 0 Å². The standard InChI is InChI=1S/C12H13NO5/c1-7(8(2)12(15)16)11(14)9-5-3-4-6-10(9)13(17)18/h3-8H,1-2H3,(H,15,16). The van der Waals surface area contributed by atoms with Gasteiger partial charge in [0, 0.05) is 12.0 Å². The van der Waals surface area contributed by atoms with Crippen LogP contribution in [0.4, 0.5) is 5.69 Å². The molecule has 0 spiro atoms. The van der Waals surface area contributed by atoms with Gasteiger partial charge >= 0.3 is 5.97 Å². The summed E-state index contributed by atoms with van der Waals surface area (Å²) in [6.45, 7) is 2.86. The Balaban J connectivity index is 3.11. The molecule has 0 fully saturated rings. The normalized spacial score (nSPS) is 13.7. The van der Waals surface area contributed by atoms with Crippen LogP contribution in [0.25, 0.3) is 0 Å². The average Bonchev–Trinajstić information content (AvgIpc) is 2.35. The van der Waals surface area contributed by atoms with Gasteiger partial charge in [-0.15, -0.1) is 0 Å². The molecule has 0 bridgehead atoms. The molecule has 1 aromatic carbocycles. The van der Waals surface area contributed by atoms with Crippen LogP contribution in [0, 0.1) is 22.0 Å². The first-order valence-electron chi connectivity index (χ1n) is 5.36. The van der Waals surface area contributed by atoms with Crippen molar-refractivity contribution in [3.05, 3.63) is 39.9 Å². The lowest BCUT2D eigenvalue weighted by molar-refractivity contribution is -0.385. The second-order valence-corrected chi connectivity index (χ2v) is 4.05. The molecule has 6 nitrogen and oxygen atoms in total. The fraction of sp³-hybridized carbons (Fsp3) is 0.333. The van der Waals surface area contributed by atoms with Gasteiger partial charge in [-0.3, -0.25) is 19.7 Å². The number of hydrogen-bond acceptors (Lipinski definition) is 4. The van der Waals surface area contributed by atoms with E-state index >= 15 is 0 Å². The van der Waals surface area contributed by atoms with E-state index in [1.807, 2.05) is 0 Å². The summed E-state index contributed by atoms with van der Waals surface area (Å²) in [7, 11) is 0. The minimum Gasteiger partial charge on any atom is -0.481 e. The van der Waals surface area contributed by atoms with Crippen LogP contribution in [-0.4, -0.2) is 21.8 Å². The first-order chi connectivity index (χ1) is 8.36. The first kappa shape index (κ1) is 13.8. The number of hydrogen-bond donors (Lipinski definition) is 1. The predicted molar refractivity (Wildman–Crippen MR) is 63.4 cm³/mol. The summed E-state index contributed by atoms with van der Waals surface area (Å²) in [6, 6.07) is 5.54. The van der Waals surface area contributed by atoms with Crippen LogP contribution >= 0.6 is 0 Å². The Morgan fingerprint density at radius 1 is 1.22 bits per heavy atom. The second kappa shape index (κ2) is 5.39. The molecule has 1 N–H and O–H groups in total. The maximum absolute atomic E-state index is 12.0. The summed E-state index contributed by atoms with van der Waals surface area (Å²) in [5.41, 5.74) is -0.352. The highest BCUT2D eigenvalue weighted by molar-refractivity contribution is 6.02. The second-order valence-electron chi connectivity index (χ2n) is 4.05. The molecule has 96 valence electrons. The summed E-state index contributed by atoms with van der Waals surface area (Å²) >= 11 is 0. The topological polar surface area (TPSA) is 97.5 Å². The summed E-state index contributed by atoms with van der Waals surface area (Å²) in [4.78, 5) is 33.0. The van der Waals surface area contributed by atoms with Gasteiger partial charge in [-0.25, -0.2) is 0 Å². The molecule has 0 saturated heterocycles. The number of nitrogens with zero attached hydrogens (tertiary/aromatic N) is 1. The average molecular weight is 251 g/mol. The molecule has 0 aliphatic carbocycles. The van der Waals surface area contributed by atoms with E-state index in [1.54, 1.807) is 0 Å². The molecule has 2 atom stereocenters. The number of para-hydroxylation sites is 1. The fourth-order valence-corrected chi connectivity index (χ4v) is 1.53. The highest BCUT2D eigenvalue weighted by Gasteiger charge is 2.30. The zero-order valence-electron chi connectivity index (χ0n) is 9.99. The maximum atomic E-state index is 12.0. The zero-order valence-corrected chi connectivity index (χ0v) is 9.99. The van der Waals surface area contributed by atoms with Crippen LogP contribution in [0.3, 0.4) is 0 Å². The summed E-state index contributed by atoms with van der Waals surface area (Å²) in [5, 5.41) is 19.6. The number of Topliss-reactive ketones (excluding diaryl/α,β-unsaturated/α-hetero) is 1. The van der Waals surface area contributed by atoms with Gasteiger partial charge < -0.3 is 5.11 Å². The number of nitro groups is 1. The van der Waals surface area contributed by atoms with Crippen molar-refractivity contribution < 1.29 is 19.6 Å². The molecular weight excluding hydrogens is 238 g/mol. The Morgan fingerprint density at radius 3 is 2.28 bits per heavy atom. The van der Waals surface area contributed by atoms with E-state index in [9.17, 15) is 19.7 Å². The van der Waals surface area contributed by atoms with Crippen molar-refractivity contribution in [1.29, 1.82) is 0 Å². The Hall–Kier alpha value is -2.24. The highest BCUT2D eigenvalue weighted by atomic mass is 16.6. The molecule has 2 unspecified atom stereocenters. The molecule has 1 rings (SSSR count). The minimum absolute atomic E-state index is 0.0527. The summed E-state index contributed by atoms with van der Waals surface area (Å²) in [5.74, 6) is -3.34. The largest absolute Gasteiger partial charge is 0.481 e. The number of aliphatic carboxylic acids is 1. The minimum atomic E-state index is -1.10. The van der Waals surface area contributed by atoms with Crippen LogP contribution in [0.2, 0.25) is 0 Å². The highest BCUT2D eigenvalue weighted by Crippen LogP contribution is 2.24. The van der Waals surface area contributed by atoms with Crippen molar-refractivity contribution in [2.24, 2.45) is 11.8 Å². The Kier molecular flexibility index (Phi) is 4.14. The Bertz CT molecular complexity index is 497. The van der Waals surface area contributed by atoms with Gasteiger partial charge in [0.2, 0.25) is 0 Å². The van der Waals surface area contributed by atoms with E-state index in [-0.39, 0.29) is 11.3 Å². The summed E-state index contributed by atoms with van der Waals surface area (Å²) < 4.78 is 0. The number of nitro benzene ring substituents is 1. The first-order valence-corrected chi connectivity index (χ1v) is 5.36. The van der Waals surface area contributed by atoms with E-state index in [2.05, 4.69) is 0 Å². The van der Waals surface area contributed by atoms with Crippen LogP contribution in [0.5, 0.6) is 0 Å². The van der Waals surface area contributed by atoms with Gasteiger partial charge in [-0.2, -0.15) is 0 Å². The smallest absolute Gasteiger partial charge is 0.306 e. The quantitative estimate of drug-likeness (QED) is 0.491. The van der Waals surface area contributed by atoms with Gasteiger partial charge in [0.1, 0.15) is 0 Å². The maximum Gasteiger partial charge on any atom is 0.306 e. The molecule has 0 heterocycles. The Labute approximate surface area is 103 Å². The number of carboxylic acids is 1. The monoisotopic (exact) mass is 251 g/mol. The molecule has 0 amide bonds. The van der Waals surface area contributed by atoms with Crippen molar-refractivity contribution in [1.82, 2.24) is 0 Å². The number of benzene rings is 1. The van der Waals surface area contributed by atoms with Crippen molar-refractivity contribution in [3.63, 3.8) is 0 Å². The van der Waals surface area contributed by atoms with Crippen LogP contribution in [0.1, 0.15) is 24.2 Å². The number of carbonyl (C=O) groups excluding carboxylic acids is 1. The van der Waals surface area contributed by atoms with Gasteiger partial charge in [0.05, 0.1) is 16.4 Å².